The topological polar surface area (TPSA) is 17.1 Å². The van der Waals surface area contributed by atoms with E-state index in [1.54, 1.807) is 0 Å². The van der Waals surface area contributed by atoms with Crippen LogP contribution in [0.2, 0.25) is 0 Å². The zero-order valence-electron chi connectivity index (χ0n) is 7.60. The maximum absolute atomic E-state index is 10.1. The number of carbonyl (C=O) groups is 1. The fraction of sp³-hybridized carbons (Fsp3) is 0.154. The molecule has 1 nitrogen and oxygen atoms in total. The predicted molar refractivity (Wildman–Crippen MR) is 62.0 cm³/mol. The van der Waals surface area contributed by atoms with Crippen LogP contribution in [0.4, 0.5) is 0 Å². The Labute approximate surface area is 85.8 Å². The third-order valence-electron chi connectivity index (χ3n) is 1.77. The molecule has 0 N–H and O–H groups in total. The van der Waals surface area contributed by atoms with E-state index >= 15 is 0 Å². The molecule has 0 unspecified atom stereocenters. The highest BCUT2D eigenvalue weighted by atomic mass is 16.1. The molecule has 0 bridgehead atoms. The molecule has 0 fully saturated rings. The normalized spacial score (nSPS) is 11.1. The summed E-state index contributed by atoms with van der Waals surface area (Å²) in [5, 5.41) is 0. The monoisotopic (exact) mass is 188 g/mol. The zero-order chi connectivity index (χ0) is 9.52. The predicted octanol–water partition coefficient (Wildman–Crippen LogP) is 3.48. The van der Waals surface area contributed by atoms with Crippen molar-refractivity contribution in [3.63, 3.8) is 0 Å². The second kappa shape index (κ2) is 6.84. The molecule has 0 spiro atoms. The average Bonchev–Trinajstić information content (AvgIpc) is 2.21. The Hall–Kier alpha value is -1.63. The molecule has 0 atom stereocenters. The van der Waals surface area contributed by atoms with Gasteiger partial charge in [0.05, 0.1) is 0 Å². The smallest absolute Gasteiger partial charge is 0.142 e. The molecule has 0 saturated heterocycles. The van der Waals surface area contributed by atoms with E-state index in [9.17, 15) is 4.79 Å². The number of benzene rings is 1. The van der Waals surface area contributed by atoms with E-state index in [1.165, 1.54) is 6.08 Å². The van der Waals surface area contributed by atoms with Crippen molar-refractivity contribution in [2.75, 3.05) is 0 Å². The number of rotatable bonds is 3. The first kappa shape index (κ1) is 12.4. The Balaban J connectivity index is 0.00000169. The van der Waals surface area contributed by atoms with Crippen LogP contribution < -0.4 is 0 Å². The van der Waals surface area contributed by atoms with Crippen molar-refractivity contribution in [3.05, 3.63) is 54.1 Å². The lowest BCUT2D eigenvalue weighted by Gasteiger charge is -1.99. The quantitative estimate of drug-likeness (QED) is 0.403. The number of carbonyl (C=O) groups excluding carboxylic acids is 1. The number of allylic oxidation sites excluding steroid dienone is 4. The van der Waals surface area contributed by atoms with Gasteiger partial charge in [-0.25, -0.2) is 0 Å². The lowest BCUT2D eigenvalue weighted by molar-refractivity contribution is -0.104. The van der Waals surface area contributed by atoms with Gasteiger partial charge in [0.25, 0.3) is 0 Å². The van der Waals surface area contributed by atoms with Gasteiger partial charge in [-0.1, -0.05) is 49.9 Å². The first-order valence-corrected chi connectivity index (χ1v) is 4.22. The Morgan fingerprint density at radius 1 is 1.21 bits per heavy atom. The van der Waals surface area contributed by atoms with Crippen LogP contribution in [0.1, 0.15) is 19.9 Å². The molecule has 1 heteroatoms. The number of aldehydes is 1. The van der Waals surface area contributed by atoms with E-state index in [1.807, 2.05) is 49.4 Å². The molecule has 0 aliphatic carbocycles. The number of hydrogen-bond acceptors (Lipinski definition) is 1. The van der Waals surface area contributed by atoms with E-state index in [0.717, 1.165) is 17.4 Å². The minimum Gasteiger partial charge on any atom is -0.299 e. The van der Waals surface area contributed by atoms with Gasteiger partial charge in [-0.2, -0.15) is 0 Å². The van der Waals surface area contributed by atoms with Gasteiger partial charge >= 0.3 is 0 Å². The van der Waals surface area contributed by atoms with Gasteiger partial charge in [-0.15, -0.1) is 0 Å². The maximum Gasteiger partial charge on any atom is 0.142 e. The van der Waals surface area contributed by atoms with Crippen LogP contribution in [0, 0.1) is 0 Å². The third kappa shape index (κ3) is 3.40. The van der Waals surface area contributed by atoms with Crippen molar-refractivity contribution in [1.82, 2.24) is 0 Å². The molecule has 1 rings (SSSR count). The molecular formula is C13H16O. The lowest BCUT2D eigenvalue weighted by atomic mass is 10.1. The summed E-state index contributed by atoms with van der Waals surface area (Å²) < 4.78 is 0. The third-order valence-corrected chi connectivity index (χ3v) is 1.77. The van der Waals surface area contributed by atoms with Crippen molar-refractivity contribution < 1.29 is 4.79 Å². The average molecular weight is 188 g/mol. The molecular weight excluding hydrogens is 172 g/mol. The van der Waals surface area contributed by atoms with E-state index in [2.05, 4.69) is 0 Å². The Kier molecular flexibility index (Phi) is 6.04. The Morgan fingerprint density at radius 3 is 2.36 bits per heavy atom. The zero-order valence-corrected chi connectivity index (χ0v) is 7.60. The van der Waals surface area contributed by atoms with Crippen molar-refractivity contribution in [1.29, 1.82) is 0 Å². The molecule has 14 heavy (non-hydrogen) atoms. The van der Waals surface area contributed by atoms with Gasteiger partial charge in [0, 0.05) is 0 Å². The summed E-state index contributed by atoms with van der Waals surface area (Å²) in [6, 6.07) is 9.97. The van der Waals surface area contributed by atoms with Crippen LogP contribution in [0.25, 0.3) is 5.57 Å². The van der Waals surface area contributed by atoms with E-state index in [0.29, 0.717) is 0 Å². The minimum absolute atomic E-state index is 0. The summed E-state index contributed by atoms with van der Waals surface area (Å²) in [5.74, 6) is 0. The highest BCUT2D eigenvalue weighted by Gasteiger charge is 1.93. The molecule has 74 valence electrons. The first-order valence-electron chi connectivity index (χ1n) is 4.22. The standard InChI is InChI=1S/C12H12O.CH4/c1-2-11(9-6-10-13)12-7-4-3-5-8-12;/h2-10H,1H3;1H4/b9-6+,11-2-;. The van der Waals surface area contributed by atoms with Crippen LogP contribution in [-0.2, 0) is 4.79 Å². The van der Waals surface area contributed by atoms with E-state index in [4.69, 9.17) is 0 Å². The first-order chi connectivity index (χ1) is 6.38. The van der Waals surface area contributed by atoms with Crippen molar-refractivity contribution in [2.45, 2.75) is 14.4 Å². The fourth-order valence-electron chi connectivity index (χ4n) is 1.13. The van der Waals surface area contributed by atoms with Crippen LogP contribution in [-0.4, -0.2) is 6.29 Å². The summed E-state index contributed by atoms with van der Waals surface area (Å²) in [4.78, 5) is 10.1. The molecule has 0 radical (unpaired) electrons. The SMILES string of the molecule is C.C/C=C(/C=C/C=O)c1ccccc1. The second-order valence-electron chi connectivity index (χ2n) is 2.61. The molecule has 0 aromatic heterocycles. The summed E-state index contributed by atoms with van der Waals surface area (Å²) in [6.45, 7) is 1.96. The molecule has 0 amide bonds. The number of hydrogen-bond donors (Lipinski definition) is 0. The fourth-order valence-corrected chi connectivity index (χ4v) is 1.13. The minimum atomic E-state index is 0. The lowest BCUT2D eigenvalue weighted by Crippen LogP contribution is -1.78. The summed E-state index contributed by atoms with van der Waals surface area (Å²) in [6.07, 6.45) is 6.08. The van der Waals surface area contributed by atoms with Crippen LogP contribution >= 0.6 is 0 Å². The van der Waals surface area contributed by atoms with Gasteiger partial charge in [0.15, 0.2) is 0 Å². The molecule has 0 saturated carbocycles. The second-order valence-corrected chi connectivity index (χ2v) is 2.61. The highest BCUT2D eigenvalue weighted by Crippen LogP contribution is 2.14. The summed E-state index contributed by atoms with van der Waals surface area (Å²) >= 11 is 0. The van der Waals surface area contributed by atoms with Crippen LogP contribution in [0.3, 0.4) is 0 Å². The largest absolute Gasteiger partial charge is 0.299 e. The Morgan fingerprint density at radius 2 is 1.86 bits per heavy atom. The van der Waals surface area contributed by atoms with Crippen molar-refractivity contribution in [3.8, 4) is 0 Å². The highest BCUT2D eigenvalue weighted by molar-refractivity contribution is 5.79. The summed E-state index contributed by atoms with van der Waals surface area (Å²) in [7, 11) is 0. The molecule has 1 aromatic rings. The maximum atomic E-state index is 10.1. The summed E-state index contributed by atoms with van der Waals surface area (Å²) in [5.41, 5.74) is 2.19. The molecule has 0 aliphatic heterocycles. The van der Waals surface area contributed by atoms with Crippen LogP contribution in [0.5, 0.6) is 0 Å². The van der Waals surface area contributed by atoms with Gasteiger partial charge < -0.3 is 0 Å². The van der Waals surface area contributed by atoms with Gasteiger partial charge in [-0.05, 0) is 24.1 Å². The molecule has 1 aromatic carbocycles. The molecule has 0 heterocycles. The van der Waals surface area contributed by atoms with Crippen molar-refractivity contribution >= 4 is 11.9 Å². The van der Waals surface area contributed by atoms with Gasteiger partial charge in [0.1, 0.15) is 6.29 Å². The molecule has 0 aliphatic rings. The van der Waals surface area contributed by atoms with Crippen LogP contribution in [0.15, 0.2) is 48.6 Å². The Bertz CT molecular complexity index is 320. The van der Waals surface area contributed by atoms with Gasteiger partial charge in [-0.3, -0.25) is 4.79 Å². The van der Waals surface area contributed by atoms with Gasteiger partial charge in [0.2, 0.25) is 0 Å². The van der Waals surface area contributed by atoms with E-state index in [-0.39, 0.29) is 7.43 Å². The van der Waals surface area contributed by atoms with Crippen molar-refractivity contribution in [2.24, 2.45) is 0 Å². The van der Waals surface area contributed by atoms with E-state index < -0.39 is 0 Å².